The van der Waals surface area contributed by atoms with E-state index in [1.165, 1.54) is 18.9 Å². The first kappa shape index (κ1) is 25.3. The molecule has 7 heteroatoms. The molecule has 2 saturated heterocycles. The van der Waals surface area contributed by atoms with Crippen LogP contribution in [0, 0.1) is 17.7 Å². The summed E-state index contributed by atoms with van der Waals surface area (Å²) in [5.41, 5.74) is 1.99. The molecule has 3 atom stereocenters. The fourth-order valence-corrected chi connectivity index (χ4v) is 5.51. The van der Waals surface area contributed by atoms with Gasteiger partial charge in [-0.25, -0.2) is 9.18 Å². The molecule has 0 radical (unpaired) electrons. The van der Waals surface area contributed by atoms with E-state index in [2.05, 4.69) is 27.8 Å². The number of Topliss-reactive ketones (excluding diaryl/α,β-unsaturated/α-hetero) is 1. The van der Waals surface area contributed by atoms with Gasteiger partial charge in [-0.3, -0.25) is 4.79 Å². The molecule has 2 aromatic rings. The maximum Gasteiger partial charge on any atom is 0.319 e. The summed E-state index contributed by atoms with van der Waals surface area (Å²) in [7, 11) is 0. The van der Waals surface area contributed by atoms with Crippen LogP contribution in [0.15, 0.2) is 48.5 Å². The predicted molar refractivity (Wildman–Crippen MR) is 137 cm³/mol. The highest BCUT2D eigenvalue weighted by molar-refractivity contribution is 5.96. The molecule has 35 heavy (non-hydrogen) atoms. The van der Waals surface area contributed by atoms with E-state index in [0.29, 0.717) is 29.6 Å². The zero-order valence-electron chi connectivity index (χ0n) is 20.8. The van der Waals surface area contributed by atoms with E-state index in [9.17, 15) is 14.0 Å². The largest absolute Gasteiger partial charge is 0.331 e. The minimum atomic E-state index is -0.385. The molecule has 0 spiro atoms. The summed E-state index contributed by atoms with van der Waals surface area (Å²) in [5.74, 6) is 0.666. The number of anilines is 1. The third-order valence-electron chi connectivity index (χ3n) is 7.51. The van der Waals surface area contributed by atoms with Crippen LogP contribution in [-0.2, 0) is 6.42 Å². The van der Waals surface area contributed by atoms with Gasteiger partial charge in [-0.05, 0) is 94.3 Å². The smallest absolute Gasteiger partial charge is 0.319 e. The Hall–Kier alpha value is -2.77. The molecule has 0 bridgehead atoms. The summed E-state index contributed by atoms with van der Waals surface area (Å²) in [6.45, 7) is 8.34. The Morgan fingerprint density at radius 1 is 1.17 bits per heavy atom. The van der Waals surface area contributed by atoms with Crippen LogP contribution in [-0.4, -0.2) is 55.0 Å². The van der Waals surface area contributed by atoms with Gasteiger partial charge >= 0.3 is 6.03 Å². The Kier molecular flexibility index (Phi) is 8.19. The Morgan fingerprint density at radius 3 is 2.74 bits per heavy atom. The summed E-state index contributed by atoms with van der Waals surface area (Å²) in [5, 5.41) is 9.58. The number of likely N-dealkylation sites (tertiary alicyclic amines) is 1. The first-order chi connectivity index (χ1) is 16.8. The van der Waals surface area contributed by atoms with Crippen LogP contribution in [0.5, 0.6) is 0 Å². The van der Waals surface area contributed by atoms with Gasteiger partial charge < -0.3 is 20.9 Å². The highest BCUT2D eigenvalue weighted by Crippen LogP contribution is 2.28. The van der Waals surface area contributed by atoms with Gasteiger partial charge in [0.2, 0.25) is 0 Å². The Bertz CT molecular complexity index is 1030. The average Bonchev–Trinajstić information content (AvgIpc) is 2.82. The zero-order chi connectivity index (χ0) is 24.8. The van der Waals surface area contributed by atoms with E-state index >= 15 is 0 Å². The summed E-state index contributed by atoms with van der Waals surface area (Å²) >= 11 is 0. The molecule has 6 nitrogen and oxygen atoms in total. The van der Waals surface area contributed by atoms with Crippen LogP contribution in [0.3, 0.4) is 0 Å². The molecular formula is C28H37FN4O2. The lowest BCUT2D eigenvalue weighted by molar-refractivity contribution is 0.0954. The number of hydrogen-bond donors (Lipinski definition) is 3. The van der Waals surface area contributed by atoms with Crippen molar-refractivity contribution in [3.05, 3.63) is 65.5 Å². The second-order valence-corrected chi connectivity index (χ2v) is 10.4. The monoisotopic (exact) mass is 480 g/mol. The van der Waals surface area contributed by atoms with Crippen molar-refractivity contribution in [1.29, 1.82) is 0 Å². The van der Waals surface area contributed by atoms with Crippen molar-refractivity contribution in [1.82, 2.24) is 15.5 Å². The molecule has 0 aromatic heterocycles. The molecule has 188 valence electrons. The van der Waals surface area contributed by atoms with Crippen molar-refractivity contribution in [2.75, 3.05) is 38.0 Å². The summed E-state index contributed by atoms with van der Waals surface area (Å²) in [6, 6.07) is 13.6. The first-order valence-electron chi connectivity index (χ1n) is 12.7. The van der Waals surface area contributed by atoms with Crippen molar-refractivity contribution in [3.8, 4) is 0 Å². The number of rotatable bonds is 7. The van der Waals surface area contributed by atoms with Crippen molar-refractivity contribution >= 4 is 17.5 Å². The molecule has 2 fully saturated rings. The standard InChI is InChI=1S/C28H37FN4O2/c1-20(34)23-6-3-7-26(16-23)31-27(35)32-28(2)19-30-13-12-24(28)18-33-14-4-5-22(17-33)15-21-8-10-25(29)11-9-21/h3,6-11,16,22,24,30H,4-5,12-15,17-19H2,1-2H3,(H2,31,32,35)/t22-,24-,28-/m0/s1. The highest BCUT2D eigenvalue weighted by atomic mass is 19.1. The number of carbonyl (C=O) groups is 2. The zero-order valence-corrected chi connectivity index (χ0v) is 20.8. The van der Waals surface area contributed by atoms with E-state index in [1.807, 2.05) is 12.1 Å². The van der Waals surface area contributed by atoms with Gasteiger partial charge in [-0.15, -0.1) is 0 Å². The highest BCUT2D eigenvalue weighted by Gasteiger charge is 2.39. The molecule has 2 heterocycles. The molecule has 4 rings (SSSR count). The van der Waals surface area contributed by atoms with Crippen LogP contribution < -0.4 is 16.0 Å². The number of nitrogens with zero attached hydrogens (tertiary/aromatic N) is 1. The number of amides is 2. The van der Waals surface area contributed by atoms with Crippen molar-refractivity contribution in [2.45, 2.75) is 45.1 Å². The number of halogens is 1. The van der Waals surface area contributed by atoms with Gasteiger partial charge in [-0.2, -0.15) is 0 Å². The molecule has 0 unspecified atom stereocenters. The van der Waals surface area contributed by atoms with Gasteiger partial charge in [0.25, 0.3) is 0 Å². The number of benzene rings is 2. The number of urea groups is 1. The molecular weight excluding hydrogens is 443 g/mol. The number of carbonyl (C=O) groups excluding carboxylic acids is 2. The molecule has 0 saturated carbocycles. The molecule has 2 aliphatic rings. The third kappa shape index (κ3) is 6.89. The van der Waals surface area contributed by atoms with E-state index in [0.717, 1.165) is 45.4 Å². The van der Waals surface area contributed by atoms with E-state index in [-0.39, 0.29) is 23.2 Å². The topological polar surface area (TPSA) is 73.5 Å². The van der Waals surface area contributed by atoms with Crippen LogP contribution in [0.25, 0.3) is 0 Å². The number of nitrogens with one attached hydrogen (secondary N) is 3. The van der Waals surface area contributed by atoms with Crippen molar-refractivity contribution in [2.24, 2.45) is 11.8 Å². The van der Waals surface area contributed by atoms with Gasteiger partial charge in [-0.1, -0.05) is 24.3 Å². The van der Waals surface area contributed by atoms with E-state index in [4.69, 9.17) is 0 Å². The van der Waals surface area contributed by atoms with E-state index < -0.39 is 0 Å². The van der Waals surface area contributed by atoms with Crippen molar-refractivity contribution in [3.63, 3.8) is 0 Å². The minimum absolute atomic E-state index is 0.0307. The summed E-state index contributed by atoms with van der Waals surface area (Å²) < 4.78 is 13.3. The maximum absolute atomic E-state index is 13.3. The fourth-order valence-electron chi connectivity index (χ4n) is 5.51. The summed E-state index contributed by atoms with van der Waals surface area (Å²) in [6.07, 6.45) is 4.32. The first-order valence-corrected chi connectivity index (χ1v) is 12.7. The van der Waals surface area contributed by atoms with Crippen LogP contribution in [0.1, 0.15) is 49.0 Å². The van der Waals surface area contributed by atoms with Crippen molar-refractivity contribution < 1.29 is 14.0 Å². The Balaban J connectivity index is 1.35. The molecule has 2 amide bonds. The lowest BCUT2D eigenvalue weighted by Crippen LogP contribution is -2.63. The third-order valence-corrected chi connectivity index (χ3v) is 7.51. The molecule has 0 aliphatic carbocycles. The Morgan fingerprint density at radius 2 is 1.97 bits per heavy atom. The van der Waals surface area contributed by atoms with Crippen LogP contribution in [0.4, 0.5) is 14.9 Å². The second-order valence-electron chi connectivity index (χ2n) is 10.4. The summed E-state index contributed by atoms with van der Waals surface area (Å²) in [4.78, 5) is 27.1. The lowest BCUT2D eigenvalue weighted by Gasteiger charge is -2.45. The van der Waals surface area contributed by atoms with Gasteiger partial charge in [0.05, 0.1) is 5.54 Å². The average molecular weight is 481 g/mol. The minimum Gasteiger partial charge on any atom is -0.331 e. The SMILES string of the molecule is CC(=O)c1cccc(NC(=O)N[C@@]2(C)CNCC[C@H]2CN2CCC[C@@H](Cc3ccc(F)cc3)C2)c1. The quantitative estimate of drug-likeness (QED) is 0.511. The number of ketones is 1. The van der Waals surface area contributed by atoms with Gasteiger partial charge in [0, 0.05) is 30.9 Å². The number of hydrogen-bond acceptors (Lipinski definition) is 4. The lowest BCUT2D eigenvalue weighted by atomic mass is 9.79. The predicted octanol–water partition coefficient (Wildman–Crippen LogP) is 4.47. The van der Waals surface area contributed by atoms with Crippen LogP contribution in [0.2, 0.25) is 0 Å². The fraction of sp³-hybridized carbons (Fsp3) is 0.500. The molecule has 2 aliphatic heterocycles. The molecule has 2 aromatic carbocycles. The molecule has 3 N–H and O–H groups in total. The van der Waals surface area contributed by atoms with E-state index in [1.54, 1.807) is 36.4 Å². The van der Waals surface area contributed by atoms with Crippen LogP contribution >= 0.6 is 0 Å². The maximum atomic E-state index is 13.3. The Labute approximate surface area is 207 Å². The number of piperidine rings is 2. The second kappa shape index (κ2) is 11.3. The van der Waals surface area contributed by atoms with Gasteiger partial charge in [0.15, 0.2) is 5.78 Å². The van der Waals surface area contributed by atoms with Gasteiger partial charge in [0.1, 0.15) is 5.82 Å². The normalized spacial score (nSPS) is 25.1.